The Hall–Kier alpha value is 1.37. The van der Waals surface area contributed by atoms with Crippen LogP contribution in [0.3, 0.4) is 0 Å². The van der Waals surface area contributed by atoms with E-state index in [9.17, 15) is 0 Å². The standard InChI is InChI=1S/C8H8I3N/c9-7(12)8(10,11)6-4-2-1-3-5-6/h1-5,7H,12H2. The summed E-state index contributed by atoms with van der Waals surface area (Å²) in [6.45, 7) is 0. The average Bonchev–Trinajstić information content (AvgIpc) is 2.06. The van der Waals surface area contributed by atoms with Gasteiger partial charge in [0, 0.05) is 0 Å². The number of halogens is 3. The molecule has 0 saturated heterocycles. The van der Waals surface area contributed by atoms with Crippen molar-refractivity contribution in [1.82, 2.24) is 0 Å². The molecule has 66 valence electrons. The van der Waals surface area contributed by atoms with Crippen molar-refractivity contribution < 1.29 is 0 Å². The number of nitrogens with two attached hydrogens (primary N) is 1. The first-order valence-corrected chi connectivity index (χ1v) is 6.78. The van der Waals surface area contributed by atoms with Crippen LogP contribution in [0.5, 0.6) is 0 Å². The molecule has 0 amide bonds. The van der Waals surface area contributed by atoms with Crippen LogP contribution in [0.1, 0.15) is 5.56 Å². The molecule has 2 N–H and O–H groups in total. The van der Waals surface area contributed by atoms with E-state index in [0.29, 0.717) is 0 Å². The second-order valence-corrected chi connectivity index (χ2v) is 9.20. The van der Waals surface area contributed by atoms with Crippen LogP contribution in [0.25, 0.3) is 0 Å². The summed E-state index contributed by atoms with van der Waals surface area (Å²) < 4.78 is 0.121. The highest BCUT2D eigenvalue weighted by Gasteiger charge is 2.30. The SMILES string of the molecule is NC(I)C(I)(I)c1ccccc1. The van der Waals surface area contributed by atoms with Crippen LogP contribution in [0, 0.1) is 0 Å². The Morgan fingerprint density at radius 2 is 1.67 bits per heavy atom. The monoisotopic (exact) mass is 499 g/mol. The van der Waals surface area contributed by atoms with Crippen LogP contribution in [-0.4, -0.2) is 4.05 Å². The van der Waals surface area contributed by atoms with E-state index < -0.39 is 0 Å². The Balaban J connectivity index is 2.98. The van der Waals surface area contributed by atoms with Crippen molar-refractivity contribution in [2.45, 2.75) is 5.48 Å². The first-order chi connectivity index (χ1) is 5.55. The van der Waals surface area contributed by atoms with Crippen molar-refractivity contribution in [3.8, 4) is 0 Å². The highest BCUT2D eigenvalue weighted by Crippen LogP contribution is 2.43. The normalized spacial score (nSPS) is 14.3. The molecule has 1 nitrogen and oxygen atoms in total. The van der Waals surface area contributed by atoms with Gasteiger partial charge in [-0.1, -0.05) is 98.1 Å². The Morgan fingerprint density at radius 1 is 1.17 bits per heavy atom. The molecular formula is C8H8I3N. The molecule has 4 heteroatoms. The maximum absolute atomic E-state index is 5.87. The van der Waals surface area contributed by atoms with Crippen molar-refractivity contribution in [2.75, 3.05) is 0 Å². The van der Waals surface area contributed by atoms with E-state index in [0.717, 1.165) is 0 Å². The van der Waals surface area contributed by atoms with Crippen molar-refractivity contribution >= 4 is 67.8 Å². The Labute approximate surface area is 113 Å². The predicted octanol–water partition coefficient (Wildman–Crippen LogP) is 3.43. The Kier molecular flexibility index (Phi) is 4.52. The third-order valence-electron chi connectivity index (χ3n) is 1.51. The summed E-state index contributed by atoms with van der Waals surface area (Å²) in [5.74, 6) is 0. The average molecular weight is 499 g/mol. The predicted molar refractivity (Wildman–Crippen MR) is 78.2 cm³/mol. The fourth-order valence-electron chi connectivity index (χ4n) is 0.820. The molecule has 0 fully saturated rings. The summed E-state index contributed by atoms with van der Waals surface area (Å²) in [5.41, 5.74) is 7.15. The number of benzene rings is 1. The van der Waals surface area contributed by atoms with E-state index in [1.54, 1.807) is 0 Å². The van der Waals surface area contributed by atoms with Gasteiger partial charge in [-0.25, -0.2) is 0 Å². The Bertz CT molecular complexity index is 246. The minimum absolute atomic E-state index is 0.00264. The highest BCUT2D eigenvalue weighted by atomic mass is 127. The van der Waals surface area contributed by atoms with Crippen molar-refractivity contribution in [2.24, 2.45) is 5.73 Å². The van der Waals surface area contributed by atoms with Crippen LogP contribution in [0.4, 0.5) is 0 Å². The van der Waals surface area contributed by atoms with Crippen LogP contribution in [0.2, 0.25) is 0 Å². The van der Waals surface area contributed by atoms with Crippen LogP contribution < -0.4 is 5.73 Å². The van der Waals surface area contributed by atoms with Gasteiger partial charge in [-0.05, 0) is 5.56 Å². The van der Waals surface area contributed by atoms with E-state index >= 15 is 0 Å². The second-order valence-electron chi connectivity index (χ2n) is 2.39. The fraction of sp³-hybridized carbons (Fsp3) is 0.250. The smallest absolute Gasteiger partial charge is 0.122 e. The lowest BCUT2D eigenvalue weighted by molar-refractivity contribution is 0.914. The number of rotatable bonds is 2. The maximum atomic E-state index is 5.87. The molecule has 1 aromatic rings. The first kappa shape index (κ1) is 11.4. The molecule has 1 atom stereocenters. The van der Waals surface area contributed by atoms with Gasteiger partial charge in [0.1, 0.15) is 1.43 Å². The molecule has 1 unspecified atom stereocenters. The second kappa shape index (κ2) is 4.74. The van der Waals surface area contributed by atoms with Crippen molar-refractivity contribution in [3.63, 3.8) is 0 Å². The fourth-order valence-corrected chi connectivity index (χ4v) is 1.90. The van der Waals surface area contributed by atoms with E-state index in [2.05, 4.69) is 79.9 Å². The van der Waals surface area contributed by atoms with Crippen LogP contribution in [-0.2, 0) is 1.43 Å². The molecule has 1 aromatic carbocycles. The maximum Gasteiger partial charge on any atom is 0.122 e. The lowest BCUT2D eigenvalue weighted by atomic mass is 10.1. The summed E-state index contributed by atoms with van der Waals surface area (Å²) in [5, 5.41) is 0. The van der Waals surface area contributed by atoms with Gasteiger partial charge in [-0.2, -0.15) is 0 Å². The number of alkyl halides is 3. The number of hydrogen-bond donors (Lipinski definition) is 1. The van der Waals surface area contributed by atoms with Gasteiger partial charge < -0.3 is 5.73 Å². The molecule has 0 spiro atoms. The van der Waals surface area contributed by atoms with Crippen LogP contribution in [0.15, 0.2) is 30.3 Å². The zero-order valence-electron chi connectivity index (χ0n) is 6.18. The third kappa shape index (κ3) is 2.68. The van der Waals surface area contributed by atoms with E-state index in [1.807, 2.05) is 18.2 Å². The molecular weight excluding hydrogens is 491 g/mol. The summed E-state index contributed by atoms with van der Waals surface area (Å²) in [6, 6.07) is 10.3. The quantitative estimate of drug-likeness (QED) is 0.377. The van der Waals surface area contributed by atoms with Gasteiger partial charge in [0.25, 0.3) is 0 Å². The molecule has 0 aliphatic rings. The summed E-state index contributed by atoms with van der Waals surface area (Å²) >= 11 is 7.02. The van der Waals surface area contributed by atoms with Gasteiger partial charge in [0.15, 0.2) is 0 Å². The Morgan fingerprint density at radius 3 is 2.08 bits per heavy atom. The van der Waals surface area contributed by atoms with Gasteiger partial charge in [-0.3, -0.25) is 0 Å². The van der Waals surface area contributed by atoms with Gasteiger partial charge in [0.05, 0.1) is 4.05 Å². The van der Waals surface area contributed by atoms with Gasteiger partial charge in [-0.15, -0.1) is 0 Å². The van der Waals surface area contributed by atoms with Gasteiger partial charge in [0.2, 0.25) is 0 Å². The molecule has 12 heavy (non-hydrogen) atoms. The molecule has 0 aromatic heterocycles. The minimum atomic E-state index is -0.00264. The van der Waals surface area contributed by atoms with Gasteiger partial charge >= 0.3 is 0 Å². The zero-order valence-corrected chi connectivity index (χ0v) is 12.6. The lowest BCUT2D eigenvalue weighted by Crippen LogP contribution is -2.29. The van der Waals surface area contributed by atoms with Crippen molar-refractivity contribution in [3.05, 3.63) is 35.9 Å². The third-order valence-corrected chi connectivity index (χ3v) is 7.41. The minimum Gasteiger partial charge on any atom is -0.317 e. The van der Waals surface area contributed by atoms with Crippen molar-refractivity contribution in [1.29, 1.82) is 0 Å². The lowest BCUT2D eigenvalue weighted by Gasteiger charge is -2.23. The zero-order chi connectivity index (χ0) is 9.19. The largest absolute Gasteiger partial charge is 0.317 e. The first-order valence-electron chi connectivity index (χ1n) is 3.38. The molecule has 1 rings (SSSR count). The van der Waals surface area contributed by atoms with E-state index in [1.165, 1.54) is 5.56 Å². The molecule has 0 aliphatic carbocycles. The summed E-state index contributed by atoms with van der Waals surface area (Å²) in [7, 11) is 0. The highest BCUT2D eigenvalue weighted by molar-refractivity contribution is 14.2. The van der Waals surface area contributed by atoms with Crippen LogP contribution >= 0.6 is 67.8 Å². The van der Waals surface area contributed by atoms with E-state index in [4.69, 9.17) is 5.73 Å². The molecule has 0 radical (unpaired) electrons. The van der Waals surface area contributed by atoms with E-state index in [-0.39, 0.29) is 5.48 Å². The topological polar surface area (TPSA) is 26.0 Å². The summed E-state index contributed by atoms with van der Waals surface area (Å²) in [4.78, 5) is 0. The molecule has 0 saturated carbocycles. The number of hydrogen-bond acceptors (Lipinski definition) is 1. The molecule has 0 aliphatic heterocycles. The summed E-state index contributed by atoms with van der Waals surface area (Å²) in [6.07, 6.45) is 0. The molecule has 0 bridgehead atoms. The molecule has 0 heterocycles.